The van der Waals surface area contributed by atoms with Crippen molar-refractivity contribution in [3.63, 3.8) is 0 Å². The number of hydrogen-bond donors (Lipinski definition) is 1. The van der Waals surface area contributed by atoms with Gasteiger partial charge in [0.1, 0.15) is 12.2 Å². The molecule has 102 valence electrons. The molecule has 0 spiro atoms. The summed E-state index contributed by atoms with van der Waals surface area (Å²) >= 11 is 0. The summed E-state index contributed by atoms with van der Waals surface area (Å²) in [6.07, 6.45) is -2.83. The Hall–Kier alpha value is -1.89. The SMILES string of the molecule is Cn1ncnc1CNCc1ccc(C(F)(F)F)cc1. The van der Waals surface area contributed by atoms with Gasteiger partial charge in [0.05, 0.1) is 12.1 Å². The molecule has 0 fully saturated rings. The predicted octanol–water partition coefficient (Wildman–Crippen LogP) is 2.12. The van der Waals surface area contributed by atoms with Crippen LogP contribution in [0.5, 0.6) is 0 Å². The first-order valence-electron chi connectivity index (χ1n) is 5.66. The standard InChI is InChI=1S/C12H13F3N4/c1-19-11(17-8-18-19)7-16-6-9-2-4-10(5-3-9)12(13,14)15/h2-5,8,16H,6-7H2,1H3. The summed E-state index contributed by atoms with van der Waals surface area (Å²) in [4.78, 5) is 4.03. The quantitative estimate of drug-likeness (QED) is 0.925. The summed E-state index contributed by atoms with van der Waals surface area (Å²) < 4.78 is 38.7. The summed E-state index contributed by atoms with van der Waals surface area (Å²) in [7, 11) is 1.78. The molecule has 1 aromatic heterocycles. The second-order valence-electron chi connectivity index (χ2n) is 4.10. The van der Waals surface area contributed by atoms with Gasteiger partial charge >= 0.3 is 6.18 Å². The Bertz CT molecular complexity index is 531. The van der Waals surface area contributed by atoms with Crippen molar-refractivity contribution >= 4 is 0 Å². The van der Waals surface area contributed by atoms with Crippen molar-refractivity contribution in [1.82, 2.24) is 20.1 Å². The molecule has 0 aliphatic rings. The van der Waals surface area contributed by atoms with Gasteiger partial charge in [0.15, 0.2) is 0 Å². The number of benzene rings is 1. The van der Waals surface area contributed by atoms with Crippen LogP contribution in [0, 0.1) is 0 Å². The maximum Gasteiger partial charge on any atom is 0.416 e. The summed E-state index contributed by atoms with van der Waals surface area (Å²) in [5.74, 6) is 0.770. The van der Waals surface area contributed by atoms with Crippen LogP contribution in [0.4, 0.5) is 13.2 Å². The van der Waals surface area contributed by atoms with Crippen LogP contribution in [-0.2, 0) is 26.3 Å². The van der Waals surface area contributed by atoms with Gasteiger partial charge in [0.2, 0.25) is 0 Å². The van der Waals surface area contributed by atoms with Gasteiger partial charge in [-0.05, 0) is 17.7 Å². The summed E-state index contributed by atoms with van der Waals surface area (Å²) in [6, 6.07) is 5.09. The number of rotatable bonds is 4. The number of nitrogens with zero attached hydrogens (tertiary/aromatic N) is 3. The molecule has 0 atom stereocenters. The van der Waals surface area contributed by atoms with Crippen LogP contribution in [0.2, 0.25) is 0 Å². The number of aryl methyl sites for hydroxylation is 1. The first-order chi connectivity index (χ1) is 8.97. The van der Waals surface area contributed by atoms with Crippen molar-refractivity contribution in [2.24, 2.45) is 7.05 Å². The van der Waals surface area contributed by atoms with Crippen molar-refractivity contribution in [1.29, 1.82) is 0 Å². The van der Waals surface area contributed by atoms with Gasteiger partial charge in [-0.15, -0.1) is 0 Å². The largest absolute Gasteiger partial charge is 0.416 e. The van der Waals surface area contributed by atoms with E-state index in [1.165, 1.54) is 18.5 Å². The molecule has 2 aromatic rings. The Morgan fingerprint density at radius 1 is 1.16 bits per heavy atom. The summed E-state index contributed by atoms with van der Waals surface area (Å²) in [5, 5.41) is 7.02. The number of halogens is 3. The van der Waals surface area contributed by atoms with Gasteiger partial charge < -0.3 is 5.32 Å². The van der Waals surface area contributed by atoms with Gasteiger partial charge in [0, 0.05) is 13.6 Å². The zero-order valence-corrected chi connectivity index (χ0v) is 10.3. The molecule has 0 radical (unpaired) electrons. The Morgan fingerprint density at radius 2 is 1.84 bits per heavy atom. The fourth-order valence-corrected chi connectivity index (χ4v) is 1.61. The Balaban J connectivity index is 1.89. The molecule has 1 aromatic carbocycles. The zero-order chi connectivity index (χ0) is 13.9. The summed E-state index contributed by atoms with van der Waals surface area (Å²) in [5.41, 5.74) is 0.153. The van der Waals surface area contributed by atoms with Crippen LogP contribution in [0.15, 0.2) is 30.6 Å². The maximum atomic E-state index is 12.4. The van der Waals surface area contributed by atoms with E-state index in [0.29, 0.717) is 13.1 Å². The Kier molecular flexibility index (Phi) is 3.84. The lowest BCUT2D eigenvalue weighted by atomic mass is 10.1. The fraction of sp³-hybridized carbons (Fsp3) is 0.333. The first-order valence-corrected chi connectivity index (χ1v) is 5.66. The smallest absolute Gasteiger partial charge is 0.306 e. The molecule has 1 N–H and O–H groups in total. The van der Waals surface area contributed by atoms with Crippen molar-refractivity contribution in [3.8, 4) is 0 Å². The predicted molar refractivity (Wildman–Crippen MR) is 63.0 cm³/mol. The second kappa shape index (κ2) is 5.40. The maximum absolute atomic E-state index is 12.4. The van der Waals surface area contributed by atoms with Gasteiger partial charge in [-0.2, -0.15) is 18.3 Å². The van der Waals surface area contributed by atoms with Gasteiger partial charge in [-0.25, -0.2) is 4.98 Å². The number of nitrogens with one attached hydrogen (secondary N) is 1. The van der Waals surface area contributed by atoms with Crippen LogP contribution in [-0.4, -0.2) is 14.8 Å². The van der Waals surface area contributed by atoms with Crippen LogP contribution in [0.25, 0.3) is 0 Å². The van der Waals surface area contributed by atoms with Gasteiger partial charge in [0.25, 0.3) is 0 Å². The minimum atomic E-state index is -4.29. The molecule has 7 heteroatoms. The van der Waals surface area contributed by atoms with Crippen molar-refractivity contribution < 1.29 is 13.2 Å². The third-order valence-electron chi connectivity index (χ3n) is 2.70. The average molecular weight is 270 g/mol. The molecule has 0 bridgehead atoms. The molecule has 2 rings (SSSR count). The van der Waals surface area contributed by atoms with E-state index in [-0.39, 0.29) is 0 Å². The topological polar surface area (TPSA) is 42.7 Å². The normalized spacial score (nSPS) is 11.8. The number of alkyl halides is 3. The lowest BCUT2D eigenvalue weighted by molar-refractivity contribution is -0.137. The average Bonchev–Trinajstić information content (AvgIpc) is 2.75. The van der Waals surface area contributed by atoms with E-state index in [9.17, 15) is 13.2 Å². The van der Waals surface area contributed by atoms with E-state index in [1.54, 1.807) is 11.7 Å². The van der Waals surface area contributed by atoms with Crippen LogP contribution in [0.1, 0.15) is 17.0 Å². The molecule has 0 saturated carbocycles. The molecule has 0 amide bonds. The van der Waals surface area contributed by atoms with Crippen LogP contribution in [0.3, 0.4) is 0 Å². The van der Waals surface area contributed by atoms with E-state index < -0.39 is 11.7 Å². The molecule has 1 heterocycles. The highest BCUT2D eigenvalue weighted by molar-refractivity contribution is 5.24. The molecular weight excluding hydrogens is 257 g/mol. The second-order valence-corrected chi connectivity index (χ2v) is 4.10. The Labute approximate surface area is 108 Å². The van der Waals surface area contributed by atoms with Gasteiger partial charge in [-0.1, -0.05) is 12.1 Å². The van der Waals surface area contributed by atoms with E-state index >= 15 is 0 Å². The first kappa shape index (κ1) is 13.5. The zero-order valence-electron chi connectivity index (χ0n) is 10.3. The van der Waals surface area contributed by atoms with E-state index in [0.717, 1.165) is 23.5 Å². The van der Waals surface area contributed by atoms with Crippen molar-refractivity contribution in [2.45, 2.75) is 19.3 Å². The molecule has 0 saturated heterocycles. The highest BCUT2D eigenvalue weighted by atomic mass is 19.4. The van der Waals surface area contributed by atoms with E-state index in [1.807, 2.05) is 0 Å². The highest BCUT2D eigenvalue weighted by Gasteiger charge is 2.29. The minimum absolute atomic E-state index is 0.477. The number of aromatic nitrogens is 3. The molecular formula is C12H13F3N4. The molecule has 19 heavy (non-hydrogen) atoms. The monoisotopic (exact) mass is 270 g/mol. The van der Waals surface area contributed by atoms with E-state index in [4.69, 9.17) is 0 Å². The Morgan fingerprint density at radius 3 is 2.37 bits per heavy atom. The summed E-state index contributed by atoms with van der Waals surface area (Å²) in [6.45, 7) is 0.989. The lowest BCUT2D eigenvalue weighted by Crippen LogP contribution is -2.16. The van der Waals surface area contributed by atoms with Crippen molar-refractivity contribution in [3.05, 3.63) is 47.5 Å². The van der Waals surface area contributed by atoms with Gasteiger partial charge in [-0.3, -0.25) is 4.68 Å². The lowest BCUT2D eigenvalue weighted by Gasteiger charge is -2.08. The van der Waals surface area contributed by atoms with Crippen LogP contribution < -0.4 is 5.32 Å². The van der Waals surface area contributed by atoms with Crippen molar-refractivity contribution in [2.75, 3.05) is 0 Å². The third-order valence-corrected chi connectivity index (χ3v) is 2.70. The highest BCUT2D eigenvalue weighted by Crippen LogP contribution is 2.28. The van der Waals surface area contributed by atoms with E-state index in [2.05, 4.69) is 15.4 Å². The third kappa shape index (κ3) is 3.54. The van der Waals surface area contributed by atoms with Crippen LogP contribution >= 0.6 is 0 Å². The molecule has 4 nitrogen and oxygen atoms in total. The molecule has 0 unspecified atom stereocenters. The minimum Gasteiger partial charge on any atom is -0.306 e. The molecule has 0 aliphatic heterocycles. The fourth-order valence-electron chi connectivity index (χ4n) is 1.61. The number of hydrogen-bond acceptors (Lipinski definition) is 3. The molecule has 0 aliphatic carbocycles.